The van der Waals surface area contributed by atoms with Crippen molar-refractivity contribution in [2.75, 3.05) is 13.1 Å². The number of hydrogen-bond donors (Lipinski definition) is 2. The Morgan fingerprint density at radius 1 is 1.43 bits per heavy atom. The van der Waals surface area contributed by atoms with E-state index in [1.54, 1.807) is 0 Å². The van der Waals surface area contributed by atoms with Crippen molar-refractivity contribution in [3.05, 3.63) is 0 Å². The van der Waals surface area contributed by atoms with E-state index in [1.807, 2.05) is 0 Å². The second-order valence-electron chi connectivity index (χ2n) is 4.89. The van der Waals surface area contributed by atoms with Gasteiger partial charge in [-0.3, -0.25) is 5.32 Å². The molecule has 2 saturated heterocycles. The van der Waals surface area contributed by atoms with Crippen molar-refractivity contribution in [1.82, 2.24) is 10.6 Å². The van der Waals surface area contributed by atoms with Crippen LogP contribution in [-0.2, 0) is 4.74 Å². The van der Waals surface area contributed by atoms with E-state index >= 15 is 0 Å². The second-order valence-corrected chi connectivity index (χ2v) is 4.89. The highest BCUT2D eigenvalue weighted by Crippen LogP contribution is 2.24. The van der Waals surface area contributed by atoms with Crippen molar-refractivity contribution in [3.63, 3.8) is 0 Å². The van der Waals surface area contributed by atoms with E-state index in [0.29, 0.717) is 12.1 Å². The molecule has 2 aliphatic rings. The Morgan fingerprint density at radius 3 is 2.86 bits per heavy atom. The molecule has 0 saturated carbocycles. The molecule has 0 aliphatic carbocycles. The summed E-state index contributed by atoms with van der Waals surface area (Å²) in [5, 5.41) is 7.03. The number of ether oxygens (including phenoxy) is 1. The van der Waals surface area contributed by atoms with Crippen LogP contribution in [0.3, 0.4) is 0 Å². The van der Waals surface area contributed by atoms with Crippen LogP contribution in [0.5, 0.6) is 0 Å². The van der Waals surface area contributed by atoms with E-state index in [-0.39, 0.29) is 5.72 Å². The Balaban J connectivity index is 1.83. The summed E-state index contributed by atoms with van der Waals surface area (Å²) in [5.41, 5.74) is -0.0889. The molecule has 14 heavy (non-hydrogen) atoms. The molecule has 0 radical (unpaired) electrons. The van der Waals surface area contributed by atoms with Crippen molar-refractivity contribution in [2.45, 2.75) is 57.4 Å². The van der Waals surface area contributed by atoms with E-state index in [2.05, 4.69) is 24.5 Å². The van der Waals surface area contributed by atoms with Gasteiger partial charge in [-0.2, -0.15) is 0 Å². The van der Waals surface area contributed by atoms with E-state index in [1.165, 1.54) is 25.8 Å². The lowest BCUT2D eigenvalue weighted by atomic mass is 9.97. The molecule has 3 atom stereocenters. The van der Waals surface area contributed by atoms with Gasteiger partial charge in [-0.05, 0) is 33.2 Å². The monoisotopic (exact) mass is 198 g/mol. The first-order chi connectivity index (χ1) is 6.68. The molecule has 2 fully saturated rings. The Bertz CT molecular complexity index is 192. The minimum absolute atomic E-state index is 0.0889. The zero-order chi connectivity index (χ0) is 10.0. The average Bonchev–Trinajstić information content (AvgIpc) is 2.47. The lowest BCUT2D eigenvalue weighted by Crippen LogP contribution is -2.46. The zero-order valence-electron chi connectivity index (χ0n) is 9.31. The summed E-state index contributed by atoms with van der Waals surface area (Å²) >= 11 is 0. The Labute approximate surface area is 86.6 Å². The van der Waals surface area contributed by atoms with Gasteiger partial charge in [-0.15, -0.1) is 0 Å². The smallest absolute Gasteiger partial charge is 0.118 e. The summed E-state index contributed by atoms with van der Waals surface area (Å²) in [5.74, 6) is 0. The molecule has 0 aromatic rings. The fourth-order valence-corrected chi connectivity index (χ4v) is 2.58. The number of hydrogen-bond acceptors (Lipinski definition) is 3. The van der Waals surface area contributed by atoms with E-state index in [9.17, 15) is 0 Å². The maximum absolute atomic E-state index is 5.90. The minimum Gasteiger partial charge on any atom is -0.357 e. The third kappa shape index (κ3) is 2.47. The van der Waals surface area contributed by atoms with Gasteiger partial charge in [0.15, 0.2) is 0 Å². The largest absolute Gasteiger partial charge is 0.357 e. The molecule has 0 amide bonds. The summed E-state index contributed by atoms with van der Waals surface area (Å²) in [6, 6.07) is 0.645. The van der Waals surface area contributed by atoms with Crippen LogP contribution in [0.2, 0.25) is 0 Å². The standard InChI is InChI=1S/C11H22N2O/c1-9-8-13-11(2,14-9)7-10-5-3-4-6-12-10/h9-10,12-13H,3-8H2,1-2H3. The van der Waals surface area contributed by atoms with Gasteiger partial charge in [0.2, 0.25) is 0 Å². The summed E-state index contributed by atoms with van der Waals surface area (Å²) in [7, 11) is 0. The predicted molar refractivity (Wildman–Crippen MR) is 57.2 cm³/mol. The molecule has 0 bridgehead atoms. The fraction of sp³-hybridized carbons (Fsp3) is 1.00. The quantitative estimate of drug-likeness (QED) is 0.700. The zero-order valence-corrected chi connectivity index (χ0v) is 9.31. The van der Waals surface area contributed by atoms with Gasteiger partial charge in [-0.1, -0.05) is 6.42 Å². The van der Waals surface area contributed by atoms with Crippen LogP contribution < -0.4 is 10.6 Å². The summed E-state index contributed by atoms with van der Waals surface area (Å²) in [6.07, 6.45) is 5.46. The normalized spacial score (nSPS) is 44.1. The third-order valence-electron chi connectivity index (χ3n) is 3.27. The van der Waals surface area contributed by atoms with Gasteiger partial charge in [-0.25, -0.2) is 0 Å². The molecule has 3 unspecified atom stereocenters. The molecule has 0 spiro atoms. The van der Waals surface area contributed by atoms with E-state index in [4.69, 9.17) is 4.74 Å². The topological polar surface area (TPSA) is 33.3 Å². The van der Waals surface area contributed by atoms with Gasteiger partial charge in [0.1, 0.15) is 5.72 Å². The van der Waals surface area contributed by atoms with Gasteiger partial charge in [0.25, 0.3) is 0 Å². The molecular weight excluding hydrogens is 176 g/mol. The van der Waals surface area contributed by atoms with Crippen molar-refractivity contribution in [3.8, 4) is 0 Å². The molecule has 3 heteroatoms. The summed E-state index contributed by atoms with van der Waals surface area (Å²) in [6.45, 7) is 6.47. The number of rotatable bonds is 2. The Hall–Kier alpha value is -0.120. The summed E-state index contributed by atoms with van der Waals surface area (Å²) in [4.78, 5) is 0. The van der Waals surface area contributed by atoms with Crippen LogP contribution >= 0.6 is 0 Å². The molecule has 82 valence electrons. The lowest BCUT2D eigenvalue weighted by Gasteiger charge is -2.32. The Kier molecular flexibility index (Phi) is 3.10. The first kappa shape index (κ1) is 10.4. The van der Waals surface area contributed by atoms with Crippen LogP contribution in [0.25, 0.3) is 0 Å². The molecular formula is C11H22N2O. The third-order valence-corrected chi connectivity index (χ3v) is 3.27. The molecule has 2 rings (SSSR count). The van der Waals surface area contributed by atoms with Crippen molar-refractivity contribution >= 4 is 0 Å². The second kappa shape index (κ2) is 4.17. The van der Waals surface area contributed by atoms with Crippen LogP contribution in [-0.4, -0.2) is 31.0 Å². The number of piperidine rings is 1. The molecule has 2 heterocycles. The molecule has 0 aromatic heterocycles. The minimum atomic E-state index is -0.0889. The van der Waals surface area contributed by atoms with Gasteiger partial charge < -0.3 is 10.1 Å². The van der Waals surface area contributed by atoms with E-state index < -0.39 is 0 Å². The van der Waals surface area contributed by atoms with Crippen LogP contribution in [0.4, 0.5) is 0 Å². The highest BCUT2D eigenvalue weighted by atomic mass is 16.5. The molecule has 2 N–H and O–H groups in total. The maximum atomic E-state index is 5.90. The highest BCUT2D eigenvalue weighted by Gasteiger charge is 2.35. The van der Waals surface area contributed by atoms with Gasteiger partial charge >= 0.3 is 0 Å². The van der Waals surface area contributed by atoms with Crippen molar-refractivity contribution in [1.29, 1.82) is 0 Å². The van der Waals surface area contributed by atoms with Gasteiger partial charge in [0.05, 0.1) is 6.10 Å². The Morgan fingerprint density at radius 2 is 2.29 bits per heavy atom. The highest BCUT2D eigenvalue weighted by molar-refractivity contribution is 4.87. The lowest BCUT2D eigenvalue weighted by molar-refractivity contribution is -0.0431. The predicted octanol–water partition coefficient (Wildman–Crippen LogP) is 1.24. The average molecular weight is 198 g/mol. The van der Waals surface area contributed by atoms with Crippen molar-refractivity contribution < 1.29 is 4.74 Å². The summed E-state index contributed by atoms with van der Waals surface area (Å²) < 4.78 is 5.90. The molecule has 0 aromatic carbocycles. The first-order valence-corrected chi connectivity index (χ1v) is 5.84. The van der Waals surface area contributed by atoms with Gasteiger partial charge in [0, 0.05) is 19.0 Å². The number of nitrogens with one attached hydrogen (secondary N) is 2. The molecule has 2 aliphatic heterocycles. The van der Waals surface area contributed by atoms with E-state index in [0.717, 1.165) is 13.0 Å². The van der Waals surface area contributed by atoms with Crippen molar-refractivity contribution in [2.24, 2.45) is 0 Å². The van der Waals surface area contributed by atoms with Crippen LogP contribution in [0.1, 0.15) is 39.5 Å². The van der Waals surface area contributed by atoms with Crippen LogP contribution in [0.15, 0.2) is 0 Å². The fourth-order valence-electron chi connectivity index (χ4n) is 2.58. The maximum Gasteiger partial charge on any atom is 0.118 e. The molecule has 3 nitrogen and oxygen atoms in total. The SMILES string of the molecule is CC1CNC(C)(CC2CCCCN2)O1. The van der Waals surface area contributed by atoms with Crippen LogP contribution in [0, 0.1) is 0 Å². The first-order valence-electron chi connectivity index (χ1n) is 5.84.